The van der Waals surface area contributed by atoms with Gasteiger partial charge in [0.15, 0.2) is 0 Å². The van der Waals surface area contributed by atoms with Gasteiger partial charge in [0.25, 0.3) is 5.56 Å². The van der Waals surface area contributed by atoms with Crippen LogP contribution in [0.5, 0.6) is 0 Å². The van der Waals surface area contributed by atoms with E-state index in [0.29, 0.717) is 10.9 Å². The Morgan fingerprint density at radius 3 is 2.48 bits per heavy atom. The van der Waals surface area contributed by atoms with Gasteiger partial charge in [-0.1, -0.05) is 42.5 Å². The minimum atomic E-state index is -0.930. The number of para-hydroxylation sites is 1. The first kappa shape index (κ1) is 20.1. The van der Waals surface area contributed by atoms with Gasteiger partial charge in [0.05, 0.1) is 17.5 Å². The number of carbonyl (C=O) groups excluding carboxylic acids is 2. The standard InChI is InChI=1S/C21H21N3O5/c1-2-29-20(27)17(12-14-8-4-3-5-9-14)22-18(25)13-24-19(26)15-10-6-7-11-16(15)23-21(24)28/h3-11,17H,2,12-13H2,1H3,(H,22,25)(H,23,28)/t17-/m0/s1. The number of hydrogen-bond donors (Lipinski definition) is 2. The Morgan fingerprint density at radius 2 is 1.76 bits per heavy atom. The van der Waals surface area contributed by atoms with Crippen LogP contribution in [0, 0.1) is 0 Å². The van der Waals surface area contributed by atoms with Crippen LogP contribution in [0.3, 0.4) is 0 Å². The first-order valence-electron chi connectivity index (χ1n) is 9.21. The summed E-state index contributed by atoms with van der Waals surface area (Å²) in [6, 6.07) is 14.8. The molecule has 29 heavy (non-hydrogen) atoms. The largest absolute Gasteiger partial charge is 0.464 e. The Morgan fingerprint density at radius 1 is 1.07 bits per heavy atom. The predicted molar refractivity (Wildman–Crippen MR) is 108 cm³/mol. The van der Waals surface area contributed by atoms with E-state index in [1.54, 1.807) is 31.2 Å². The monoisotopic (exact) mass is 395 g/mol. The molecule has 3 rings (SSSR count). The van der Waals surface area contributed by atoms with Crippen molar-refractivity contribution in [2.45, 2.75) is 25.9 Å². The van der Waals surface area contributed by atoms with Gasteiger partial charge in [-0.2, -0.15) is 0 Å². The first-order valence-corrected chi connectivity index (χ1v) is 9.21. The lowest BCUT2D eigenvalue weighted by atomic mass is 10.1. The van der Waals surface area contributed by atoms with Crippen LogP contribution in [0.2, 0.25) is 0 Å². The van der Waals surface area contributed by atoms with Crippen LogP contribution in [-0.4, -0.2) is 34.1 Å². The molecule has 1 amide bonds. The minimum absolute atomic E-state index is 0.170. The van der Waals surface area contributed by atoms with Crippen molar-refractivity contribution in [3.63, 3.8) is 0 Å². The molecule has 150 valence electrons. The summed E-state index contributed by atoms with van der Waals surface area (Å²) in [7, 11) is 0. The molecule has 0 unspecified atom stereocenters. The second-order valence-corrected chi connectivity index (χ2v) is 6.43. The molecule has 3 aromatic rings. The number of nitrogens with zero attached hydrogens (tertiary/aromatic N) is 1. The van der Waals surface area contributed by atoms with E-state index in [-0.39, 0.29) is 13.0 Å². The minimum Gasteiger partial charge on any atom is -0.464 e. The molecule has 2 N–H and O–H groups in total. The number of fused-ring (bicyclic) bond motifs is 1. The van der Waals surface area contributed by atoms with Gasteiger partial charge in [-0.05, 0) is 24.6 Å². The van der Waals surface area contributed by atoms with Crippen molar-refractivity contribution in [2.75, 3.05) is 6.61 Å². The number of rotatable bonds is 7. The molecular weight excluding hydrogens is 374 g/mol. The molecule has 0 saturated heterocycles. The molecule has 0 fully saturated rings. The van der Waals surface area contributed by atoms with E-state index >= 15 is 0 Å². The summed E-state index contributed by atoms with van der Waals surface area (Å²) in [6.45, 7) is 1.33. The lowest BCUT2D eigenvalue weighted by Gasteiger charge is -2.17. The summed E-state index contributed by atoms with van der Waals surface area (Å²) >= 11 is 0. The topological polar surface area (TPSA) is 110 Å². The third-order valence-electron chi connectivity index (χ3n) is 4.38. The first-order chi connectivity index (χ1) is 14.0. The van der Waals surface area contributed by atoms with Gasteiger partial charge in [0.2, 0.25) is 5.91 Å². The zero-order valence-electron chi connectivity index (χ0n) is 15.9. The average Bonchev–Trinajstić information content (AvgIpc) is 2.71. The molecule has 2 aromatic carbocycles. The Kier molecular flexibility index (Phi) is 6.23. The lowest BCUT2D eigenvalue weighted by molar-refractivity contribution is -0.147. The summed E-state index contributed by atoms with van der Waals surface area (Å²) in [5, 5.41) is 2.87. The molecule has 0 aliphatic heterocycles. The number of aromatic nitrogens is 2. The molecule has 0 spiro atoms. The van der Waals surface area contributed by atoms with Crippen molar-refractivity contribution in [1.29, 1.82) is 0 Å². The normalized spacial score (nSPS) is 11.8. The zero-order chi connectivity index (χ0) is 20.8. The Bertz CT molecular complexity index is 1130. The number of H-pyrrole nitrogens is 1. The van der Waals surface area contributed by atoms with Crippen LogP contribution in [-0.2, 0) is 27.3 Å². The summed E-state index contributed by atoms with van der Waals surface area (Å²) in [4.78, 5) is 52.2. The van der Waals surface area contributed by atoms with E-state index in [0.717, 1.165) is 10.1 Å². The van der Waals surface area contributed by atoms with Gasteiger partial charge < -0.3 is 15.0 Å². The van der Waals surface area contributed by atoms with E-state index in [1.807, 2.05) is 30.3 Å². The summed E-state index contributed by atoms with van der Waals surface area (Å²) in [5.41, 5.74) is -0.0333. The molecular formula is C21H21N3O5. The summed E-state index contributed by atoms with van der Waals surface area (Å²) < 4.78 is 5.85. The fourth-order valence-corrected chi connectivity index (χ4v) is 3.01. The van der Waals surface area contributed by atoms with Crippen LogP contribution in [0.25, 0.3) is 10.9 Å². The lowest BCUT2D eigenvalue weighted by Crippen LogP contribution is -2.47. The third-order valence-corrected chi connectivity index (χ3v) is 4.38. The van der Waals surface area contributed by atoms with Crippen molar-refractivity contribution in [2.24, 2.45) is 0 Å². The zero-order valence-corrected chi connectivity index (χ0v) is 15.9. The molecule has 0 bridgehead atoms. The number of aromatic amines is 1. The van der Waals surface area contributed by atoms with E-state index in [9.17, 15) is 19.2 Å². The van der Waals surface area contributed by atoms with Crippen LogP contribution in [0.15, 0.2) is 64.2 Å². The molecule has 1 heterocycles. The van der Waals surface area contributed by atoms with Crippen molar-refractivity contribution >= 4 is 22.8 Å². The van der Waals surface area contributed by atoms with Crippen LogP contribution >= 0.6 is 0 Å². The van der Waals surface area contributed by atoms with Crippen molar-refractivity contribution < 1.29 is 14.3 Å². The van der Waals surface area contributed by atoms with Crippen molar-refractivity contribution in [3.8, 4) is 0 Å². The molecule has 1 atom stereocenters. The van der Waals surface area contributed by atoms with E-state index in [4.69, 9.17) is 4.74 Å². The fourth-order valence-electron chi connectivity index (χ4n) is 3.01. The summed E-state index contributed by atoms with van der Waals surface area (Å²) in [5.74, 6) is -1.22. The third kappa shape index (κ3) is 4.78. The van der Waals surface area contributed by atoms with Gasteiger partial charge in [0.1, 0.15) is 12.6 Å². The number of hydrogen-bond acceptors (Lipinski definition) is 5. The maximum absolute atomic E-state index is 12.6. The Labute approximate surface area is 166 Å². The van der Waals surface area contributed by atoms with E-state index in [2.05, 4.69) is 10.3 Å². The number of nitrogens with one attached hydrogen (secondary N) is 2. The molecule has 8 heteroatoms. The van der Waals surface area contributed by atoms with Crippen LogP contribution in [0.1, 0.15) is 12.5 Å². The Hall–Kier alpha value is -3.68. The fraction of sp³-hybridized carbons (Fsp3) is 0.238. The molecule has 8 nitrogen and oxygen atoms in total. The predicted octanol–water partition coefficient (Wildman–Crippen LogP) is 0.980. The summed E-state index contributed by atoms with van der Waals surface area (Å²) in [6.07, 6.45) is 0.231. The van der Waals surface area contributed by atoms with Gasteiger partial charge in [-0.25, -0.2) is 9.59 Å². The number of carbonyl (C=O) groups is 2. The van der Waals surface area contributed by atoms with Gasteiger partial charge in [-0.3, -0.25) is 14.2 Å². The quantitative estimate of drug-likeness (QED) is 0.580. The molecule has 0 aliphatic rings. The molecule has 0 saturated carbocycles. The number of benzene rings is 2. The highest BCUT2D eigenvalue weighted by Crippen LogP contribution is 2.06. The maximum atomic E-state index is 12.6. The number of ether oxygens (including phenoxy) is 1. The van der Waals surface area contributed by atoms with Crippen molar-refractivity contribution in [1.82, 2.24) is 14.9 Å². The van der Waals surface area contributed by atoms with E-state index in [1.165, 1.54) is 0 Å². The van der Waals surface area contributed by atoms with Crippen LogP contribution < -0.4 is 16.6 Å². The smallest absolute Gasteiger partial charge is 0.329 e. The molecule has 0 radical (unpaired) electrons. The number of amides is 1. The second-order valence-electron chi connectivity index (χ2n) is 6.43. The van der Waals surface area contributed by atoms with Gasteiger partial charge in [0, 0.05) is 6.42 Å². The SMILES string of the molecule is CCOC(=O)[C@H](Cc1ccccc1)NC(=O)Cn1c(=O)[nH]c2ccccc2c1=O. The van der Waals surface area contributed by atoms with Crippen molar-refractivity contribution in [3.05, 3.63) is 81.0 Å². The molecule has 0 aliphatic carbocycles. The Balaban J connectivity index is 1.81. The number of esters is 1. The highest BCUT2D eigenvalue weighted by Gasteiger charge is 2.23. The average molecular weight is 395 g/mol. The highest BCUT2D eigenvalue weighted by molar-refractivity contribution is 5.85. The molecule has 1 aromatic heterocycles. The van der Waals surface area contributed by atoms with E-state index < -0.39 is 35.7 Å². The maximum Gasteiger partial charge on any atom is 0.329 e. The van der Waals surface area contributed by atoms with Gasteiger partial charge in [-0.15, -0.1) is 0 Å². The highest BCUT2D eigenvalue weighted by atomic mass is 16.5. The second kappa shape index (κ2) is 9.01. The van der Waals surface area contributed by atoms with Gasteiger partial charge >= 0.3 is 11.7 Å². The van der Waals surface area contributed by atoms with Crippen LogP contribution in [0.4, 0.5) is 0 Å².